The summed E-state index contributed by atoms with van der Waals surface area (Å²) in [6.07, 6.45) is 8.87. The zero-order chi connectivity index (χ0) is 15.3. The molecule has 1 saturated heterocycles. The largest absolute Gasteiger partial charge is 0.481 e. The Balaban J connectivity index is 1.89. The number of aliphatic carboxylic acids is 1. The average Bonchev–Trinajstić information content (AvgIpc) is 2.94. The van der Waals surface area contributed by atoms with Gasteiger partial charge in [0, 0.05) is 19.1 Å². The van der Waals surface area contributed by atoms with Crippen LogP contribution in [-0.2, 0) is 4.79 Å². The molecule has 2 fully saturated rings. The van der Waals surface area contributed by atoms with Crippen molar-refractivity contribution in [3.8, 4) is 0 Å². The van der Waals surface area contributed by atoms with Gasteiger partial charge in [0.05, 0.1) is 6.42 Å². The summed E-state index contributed by atoms with van der Waals surface area (Å²) in [6, 6.07) is -0.210. The van der Waals surface area contributed by atoms with Crippen molar-refractivity contribution >= 4 is 12.0 Å². The number of nitrogens with zero attached hydrogens (tertiary/aromatic N) is 1. The Bertz CT molecular complexity index is 378. The van der Waals surface area contributed by atoms with Crippen LogP contribution in [0.5, 0.6) is 0 Å². The summed E-state index contributed by atoms with van der Waals surface area (Å²) >= 11 is 0. The Hall–Kier alpha value is -1.26. The maximum absolute atomic E-state index is 12.4. The van der Waals surface area contributed by atoms with Gasteiger partial charge < -0.3 is 15.3 Å². The van der Waals surface area contributed by atoms with Crippen LogP contribution in [0.1, 0.15) is 64.7 Å². The van der Waals surface area contributed by atoms with Gasteiger partial charge >= 0.3 is 12.0 Å². The zero-order valence-corrected chi connectivity index (χ0v) is 13.1. The number of amides is 2. The van der Waals surface area contributed by atoms with Crippen LogP contribution < -0.4 is 5.32 Å². The van der Waals surface area contributed by atoms with E-state index in [0.29, 0.717) is 6.54 Å². The molecule has 21 heavy (non-hydrogen) atoms. The molecule has 1 atom stereocenters. The molecule has 1 unspecified atom stereocenters. The summed E-state index contributed by atoms with van der Waals surface area (Å²) < 4.78 is 0. The molecular weight excluding hydrogens is 268 g/mol. The first-order valence-corrected chi connectivity index (χ1v) is 8.32. The standard InChI is InChI=1S/C16H28N2O3/c1-2-16(8-4-5-9-16)12-17-15(21)18-10-6-3-7-13(18)11-14(19)20/h13H,2-12H2,1H3,(H,17,21)(H,19,20). The second-order valence-electron chi connectivity index (χ2n) is 6.66. The van der Waals surface area contributed by atoms with Crippen LogP contribution in [-0.4, -0.2) is 41.1 Å². The third-order valence-electron chi connectivity index (χ3n) is 5.33. The van der Waals surface area contributed by atoms with Gasteiger partial charge in [0.1, 0.15) is 0 Å². The smallest absolute Gasteiger partial charge is 0.317 e. The first kappa shape index (κ1) is 16.1. The van der Waals surface area contributed by atoms with Crippen molar-refractivity contribution < 1.29 is 14.7 Å². The third-order valence-corrected chi connectivity index (χ3v) is 5.33. The van der Waals surface area contributed by atoms with E-state index in [1.54, 1.807) is 4.90 Å². The molecule has 0 aromatic carbocycles. The quantitative estimate of drug-likeness (QED) is 0.819. The fourth-order valence-corrected chi connectivity index (χ4v) is 3.83. The van der Waals surface area contributed by atoms with Gasteiger partial charge in [-0.1, -0.05) is 19.8 Å². The van der Waals surface area contributed by atoms with Gasteiger partial charge in [0.2, 0.25) is 0 Å². The second-order valence-corrected chi connectivity index (χ2v) is 6.66. The summed E-state index contributed by atoms with van der Waals surface area (Å²) in [5.41, 5.74) is 0.272. The van der Waals surface area contributed by atoms with E-state index in [0.717, 1.165) is 32.2 Å². The highest BCUT2D eigenvalue weighted by molar-refractivity contribution is 5.76. The fourth-order valence-electron chi connectivity index (χ4n) is 3.83. The molecule has 1 saturated carbocycles. The number of carboxylic acids is 1. The summed E-state index contributed by atoms with van der Waals surface area (Å²) in [7, 11) is 0. The lowest BCUT2D eigenvalue weighted by atomic mass is 9.83. The molecule has 2 aliphatic rings. The summed E-state index contributed by atoms with van der Waals surface area (Å²) in [5.74, 6) is -0.819. The van der Waals surface area contributed by atoms with Crippen molar-refractivity contribution in [2.75, 3.05) is 13.1 Å². The van der Waals surface area contributed by atoms with Crippen molar-refractivity contribution in [1.82, 2.24) is 10.2 Å². The summed E-state index contributed by atoms with van der Waals surface area (Å²) in [5, 5.41) is 12.1. The number of carboxylic acid groups (broad SMARTS) is 1. The van der Waals surface area contributed by atoms with Crippen LogP contribution >= 0.6 is 0 Å². The van der Waals surface area contributed by atoms with Gasteiger partial charge in [0.15, 0.2) is 0 Å². The van der Waals surface area contributed by atoms with Crippen molar-refractivity contribution in [3.63, 3.8) is 0 Å². The van der Waals surface area contributed by atoms with E-state index in [-0.39, 0.29) is 23.9 Å². The Labute approximate surface area is 127 Å². The molecule has 2 N–H and O–H groups in total. The molecule has 1 aliphatic carbocycles. The highest BCUT2D eigenvalue weighted by Gasteiger charge is 2.34. The molecule has 2 rings (SSSR count). The Morgan fingerprint density at radius 3 is 2.57 bits per heavy atom. The molecule has 0 spiro atoms. The van der Waals surface area contributed by atoms with Gasteiger partial charge in [-0.25, -0.2) is 4.79 Å². The number of rotatable bonds is 5. The molecule has 120 valence electrons. The van der Waals surface area contributed by atoms with Crippen LogP contribution in [0.25, 0.3) is 0 Å². The maximum atomic E-state index is 12.4. The molecule has 0 bridgehead atoms. The lowest BCUT2D eigenvalue weighted by Crippen LogP contribution is -2.51. The molecule has 2 amide bonds. The van der Waals surface area contributed by atoms with Gasteiger partial charge in [-0.05, 0) is 43.9 Å². The van der Waals surface area contributed by atoms with Crippen LogP contribution in [0, 0.1) is 5.41 Å². The normalized spacial score (nSPS) is 24.8. The highest BCUT2D eigenvalue weighted by Crippen LogP contribution is 2.40. The minimum Gasteiger partial charge on any atom is -0.481 e. The summed E-state index contributed by atoms with van der Waals surface area (Å²) in [6.45, 7) is 3.62. The molecule has 1 aliphatic heterocycles. The minimum absolute atomic E-state index is 0.0618. The van der Waals surface area contributed by atoms with Gasteiger partial charge in [-0.2, -0.15) is 0 Å². The molecule has 5 nitrogen and oxygen atoms in total. The SMILES string of the molecule is CCC1(CNC(=O)N2CCCCC2CC(=O)O)CCCC1. The molecule has 0 aromatic rings. The zero-order valence-electron chi connectivity index (χ0n) is 13.1. The van der Waals surface area contributed by atoms with E-state index in [1.807, 2.05) is 0 Å². The number of hydrogen-bond acceptors (Lipinski definition) is 2. The predicted octanol–water partition coefficient (Wildman–Crippen LogP) is 3.00. The minimum atomic E-state index is -0.819. The second kappa shape index (κ2) is 7.14. The van der Waals surface area contributed by atoms with Gasteiger partial charge in [0.25, 0.3) is 0 Å². The number of piperidine rings is 1. The molecule has 5 heteroatoms. The number of nitrogens with one attached hydrogen (secondary N) is 1. The maximum Gasteiger partial charge on any atom is 0.317 e. The van der Waals surface area contributed by atoms with Gasteiger partial charge in [-0.15, -0.1) is 0 Å². The molecular formula is C16H28N2O3. The first-order valence-electron chi connectivity index (χ1n) is 8.32. The van der Waals surface area contributed by atoms with E-state index >= 15 is 0 Å². The van der Waals surface area contributed by atoms with E-state index < -0.39 is 5.97 Å². The van der Waals surface area contributed by atoms with Crippen molar-refractivity contribution in [1.29, 1.82) is 0 Å². The number of carbonyl (C=O) groups is 2. The third kappa shape index (κ3) is 4.11. The Morgan fingerprint density at radius 1 is 1.24 bits per heavy atom. The number of likely N-dealkylation sites (tertiary alicyclic amines) is 1. The van der Waals surface area contributed by atoms with E-state index in [2.05, 4.69) is 12.2 Å². The van der Waals surface area contributed by atoms with E-state index in [9.17, 15) is 9.59 Å². The topological polar surface area (TPSA) is 69.6 Å². The van der Waals surface area contributed by atoms with Crippen LogP contribution in [0.15, 0.2) is 0 Å². The summed E-state index contributed by atoms with van der Waals surface area (Å²) in [4.78, 5) is 25.1. The number of hydrogen-bond donors (Lipinski definition) is 2. The van der Waals surface area contributed by atoms with Crippen molar-refractivity contribution in [2.45, 2.75) is 70.8 Å². The molecule has 0 radical (unpaired) electrons. The van der Waals surface area contributed by atoms with E-state index in [4.69, 9.17) is 5.11 Å². The number of urea groups is 1. The molecule has 0 aromatic heterocycles. The lowest BCUT2D eigenvalue weighted by molar-refractivity contribution is -0.138. The first-order chi connectivity index (χ1) is 10.1. The van der Waals surface area contributed by atoms with Crippen LogP contribution in [0.4, 0.5) is 4.79 Å². The lowest BCUT2D eigenvalue weighted by Gasteiger charge is -2.36. The van der Waals surface area contributed by atoms with Gasteiger partial charge in [-0.3, -0.25) is 4.79 Å². The average molecular weight is 296 g/mol. The van der Waals surface area contributed by atoms with Crippen LogP contribution in [0.2, 0.25) is 0 Å². The Morgan fingerprint density at radius 2 is 1.95 bits per heavy atom. The van der Waals surface area contributed by atoms with Crippen molar-refractivity contribution in [2.24, 2.45) is 5.41 Å². The predicted molar refractivity (Wildman–Crippen MR) is 81.2 cm³/mol. The number of carbonyl (C=O) groups excluding carboxylic acids is 1. The fraction of sp³-hybridized carbons (Fsp3) is 0.875. The van der Waals surface area contributed by atoms with E-state index in [1.165, 1.54) is 25.7 Å². The Kier molecular flexibility index (Phi) is 5.48. The van der Waals surface area contributed by atoms with Crippen molar-refractivity contribution in [3.05, 3.63) is 0 Å². The van der Waals surface area contributed by atoms with Crippen LogP contribution in [0.3, 0.4) is 0 Å². The molecule has 1 heterocycles. The monoisotopic (exact) mass is 296 g/mol. The highest BCUT2D eigenvalue weighted by atomic mass is 16.4.